The number of carbonyl (C=O) groups excluding carboxylic acids is 9. The molecule has 0 saturated carbocycles. The molecular formula is C55H68F3N11O12. The number of urea groups is 1. The zero-order valence-corrected chi connectivity index (χ0v) is 45.7. The number of ether oxygens (including phenoxy) is 3. The molecule has 0 bridgehead atoms. The number of carbonyl (C=O) groups is 9. The molecule has 81 heavy (non-hydrogen) atoms. The van der Waals surface area contributed by atoms with Crippen molar-refractivity contribution in [3.63, 3.8) is 0 Å². The fourth-order valence-electron chi connectivity index (χ4n) is 10.8. The molecule has 5 N–H and O–H groups in total. The minimum atomic E-state index is -1.92. The number of hydrazine groups is 1. The van der Waals surface area contributed by atoms with Gasteiger partial charge in [-0.3, -0.25) is 39.1 Å². The van der Waals surface area contributed by atoms with Gasteiger partial charge < -0.3 is 55.1 Å². The van der Waals surface area contributed by atoms with E-state index in [1.54, 1.807) is 30.8 Å². The van der Waals surface area contributed by atoms with Crippen LogP contribution in [0, 0.1) is 30.3 Å². The van der Waals surface area contributed by atoms with E-state index in [9.17, 15) is 46.7 Å². The van der Waals surface area contributed by atoms with Gasteiger partial charge in [-0.05, 0) is 81.1 Å². The van der Waals surface area contributed by atoms with Gasteiger partial charge in [0, 0.05) is 71.3 Å². The quantitative estimate of drug-likeness (QED) is 0.127. The third kappa shape index (κ3) is 15.1. The van der Waals surface area contributed by atoms with Gasteiger partial charge in [0.15, 0.2) is 0 Å². The highest BCUT2D eigenvalue weighted by atomic mass is 19.1. The number of hydrogen-bond donors (Lipinski definition) is 5. The first-order valence-corrected chi connectivity index (χ1v) is 26.9. The van der Waals surface area contributed by atoms with Crippen molar-refractivity contribution in [3.05, 3.63) is 101 Å². The summed E-state index contributed by atoms with van der Waals surface area (Å²) in [6.45, 7) is 7.30. The van der Waals surface area contributed by atoms with E-state index in [-0.39, 0.29) is 62.8 Å². The molecule has 0 aromatic heterocycles. The molecule has 0 unspecified atom stereocenters. The van der Waals surface area contributed by atoms with Gasteiger partial charge in [-0.2, -0.15) is 0 Å². The van der Waals surface area contributed by atoms with Gasteiger partial charge in [-0.15, -0.1) is 0 Å². The number of esters is 2. The third-order valence-electron chi connectivity index (χ3n) is 15.0. The number of nitrogens with zero attached hydrogens (tertiary/aromatic N) is 6. The Morgan fingerprint density at radius 1 is 0.753 bits per heavy atom. The van der Waals surface area contributed by atoms with Crippen LogP contribution in [0.4, 0.5) is 28.4 Å². The number of amides is 8. The van der Waals surface area contributed by atoms with Gasteiger partial charge in [-0.25, -0.2) is 32.6 Å². The van der Waals surface area contributed by atoms with Crippen LogP contribution in [-0.2, 0) is 60.8 Å². The maximum atomic E-state index is 15.5. The van der Waals surface area contributed by atoms with Crippen LogP contribution in [-0.4, -0.2) is 204 Å². The molecule has 0 radical (unpaired) electrons. The van der Waals surface area contributed by atoms with Crippen molar-refractivity contribution in [2.24, 2.45) is 5.92 Å². The van der Waals surface area contributed by atoms with Crippen molar-refractivity contribution in [3.8, 4) is 0 Å². The normalized spacial score (nSPS) is 25.6. The van der Waals surface area contributed by atoms with E-state index in [0.717, 1.165) is 28.7 Å². The van der Waals surface area contributed by atoms with E-state index in [0.29, 0.717) is 44.4 Å². The number of likely N-dealkylation sites (N-methyl/N-ethyl adjacent to an activating group) is 1. The molecule has 26 heteroatoms. The molecular weight excluding hydrogens is 1060 g/mol. The molecule has 436 valence electrons. The molecule has 8 amide bonds. The van der Waals surface area contributed by atoms with E-state index in [4.69, 9.17) is 14.2 Å². The summed E-state index contributed by atoms with van der Waals surface area (Å²) in [6.07, 6.45) is -4.17. The molecule has 3 aromatic carbocycles. The van der Waals surface area contributed by atoms with Crippen LogP contribution < -0.4 is 26.7 Å². The third-order valence-corrected chi connectivity index (χ3v) is 15.0. The lowest BCUT2D eigenvalue weighted by atomic mass is 10.0. The van der Waals surface area contributed by atoms with Crippen molar-refractivity contribution in [2.45, 2.75) is 102 Å². The minimum absolute atomic E-state index is 0.00716. The number of rotatable bonds is 12. The Hall–Kier alpha value is -7.84. The Bertz CT molecular complexity index is 2840. The Morgan fingerprint density at radius 3 is 2.16 bits per heavy atom. The van der Waals surface area contributed by atoms with Crippen molar-refractivity contribution >= 4 is 59.3 Å². The average Bonchev–Trinajstić information content (AvgIpc) is 4.19. The lowest BCUT2D eigenvalue weighted by Crippen LogP contribution is -2.65. The summed E-state index contributed by atoms with van der Waals surface area (Å²) < 4.78 is 61.5. The van der Waals surface area contributed by atoms with Gasteiger partial charge in [-0.1, -0.05) is 43.3 Å². The maximum absolute atomic E-state index is 15.5. The summed E-state index contributed by atoms with van der Waals surface area (Å²) in [5, 5.41) is 11.7. The smallest absolute Gasteiger partial charge is 0.422 e. The Labute approximate surface area is 466 Å². The molecule has 5 aliphatic rings. The molecule has 0 aliphatic carbocycles. The number of nitrogens with one attached hydrogen (secondary N) is 5. The predicted octanol–water partition coefficient (Wildman–Crippen LogP) is 1.43. The number of halogens is 3. The SMILES string of the molecule is Cc1ccc(NC(=O)N[C@@H](Cc2cc(F)cc(F)c2)C(=O)N[C@@H]2C(=O)N3C[C@H](OC(=O)CN4CCN(NC(=O)OCc5ccccc5)CC4)C[C@H]3C(=O)N3CCN(C)C[C@H]3C(=O)N[C@@H](C)C(=O)N3C[C@H](C)C[C@H]3C(=O)O[C@H]2C)c(F)c1. The van der Waals surface area contributed by atoms with Gasteiger partial charge in [0.2, 0.25) is 29.5 Å². The van der Waals surface area contributed by atoms with Crippen LogP contribution in [0.25, 0.3) is 0 Å². The van der Waals surface area contributed by atoms with Crippen LogP contribution in [0.3, 0.4) is 0 Å². The first-order valence-electron chi connectivity index (χ1n) is 26.9. The summed E-state index contributed by atoms with van der Waals surface area (Å²) in [7, 11) is 1.74. The second kappa shape index (κ2) is 26.2. The van der Waals surface area contributed by atoms with Crippen LogP contribution in [0.5, 0.6) is 0 Å². The molecule has 9 atom stereocenters. The largest absolute Gasteiger partial charge is 0.459 e. The van der Waals surface area contributed by atoms with E-state index in [1.165, 1.54) is 35.8 Å². The lowest BCUT2D eigenvalue weighted by molar-refractivity contribution is -0.163. The first-order chi connectivity index (χ1) is 38.6. The number of fused-ring (bicyclic) bond motifs is 3. The molecule has 5 heterocycles. The molecule has 3 aromatic rings. The van der Waals surface area contributed by atoms with E-state index in [1.807, 2.05) is 35.2 Å². The maximum Gasteiger partial charge on any atom is 0.422 e. The van der Waals surface area contributed by atoms with Gasteiger partial charge in [0.05, 0.1) is 18.8 Å². The number of cyclic esters (lactones) is 1. The van der Waals surface area contributed by atoms with Crippen molar-refractivity contribution in [2.75, 3.05) is 77.8 Å². The van der Waals surface area contributed by atoms with Crippen LogP contribution >= 0.6 is 0 Å². The van der Waals surface area contributed by atoms with Crippen molar-refractivity contribution < 1.29 is 70.5 Å². The summed E-state index contributed by atoms with van der Waals surface area (Å²) in [4.78, 5) is 135. The topological polar surface area (TPSA) is 261 Å². The van der Waals surface area contributed by atoms with Crippen molar-refractivity contribution in [1.82, 2.24) is 50.9 Å². The van der Waals surface area contributed by atoms with Crippen LogP contribution in [0.15, 0.2) is 66.7 Å². The summed E-state index contributed by atoms with van der Waals surface area (Å²) in [5.74, 6) is -8.97. The number of aryl methyl sites for hydroxylation is 1. The van der Waals surface area contributed by atoms with Gasteiger partial charge >= 0.3 is 24.1 Å². The van der Waals surface area contributed by atoms with Crippen LogP contribution in [0.2, 0.25) is 0 Å². The first kappa shape index (κ1) is 59.3. The summed E-state index contributed by atoms with van der Waals surface area (Å²) in [6, 6.07) is 5.65. The molecule has 23 nitrogen and oxygen atoms in total. The Kier molecular flexibility index (Phi) is 19.2. The predicted molar refractivity (Wildman–Crippen MR) is 282 cm³/mol. The van der Waals surface area contributed by atoms with Crippen molar-refractivity contribution in [1.29, 1.82) is 0 Å². The number of benzene rings is 3. The Morgan fingerprint density at radius 2 is 1.46 bits per heavy atom. The zero-order valence-electron chi connectivity index (χ0n) is 45.7. The highest BCUT2D eigenvalue weighted by Gasteiger charge is 2.50. The van der Waals surface area contributed by atoms with Crippen LogP contribution in [0.1, 0.15) is 50.3 Å². The standard InChI is InChI=1S/C55H68F3N11O12/c1-31-11-12-41(40(58)19-31)60-54(77)61-42(23-36-21-37(56)24-38(57)22-36)48(71)62-47-34(4)80-53(76)44-20-32(2)26-68(44)50(73)33(3)59-49(72)45-28-64(5)13-18-67(45)51(74)43-25-39(27-69(43)52(47)75)81-46(70)29-65-14-16-66(17-15-65)63-55(78)79-30-35-9-7-6-8-10-35/h6-12,19,21-22,24,32-34,39,42-45,47H,13-18,20,23,25-30H2,1-5H3,(H,59,72)(H,62,71)(H,63,78)(H2,60,61,77)/t32-,33+,34+,39-,42+,43+,44+,45+,47+/m1/s1. The molecule has 8 rings (SSSR count). The number of anilines is 1. The fraction of sp³-hybridized carbons (Fsp3) is 0.509. The number of hydrogen-bond acceptors (Lipinski definition) is 15. The minimum Gasteiger partial charge on any atom is -0.459 e. The van der Waals surface area contributed by atoms with Gasteiger partial charge in [0.25, 0.3) is 0 Å². The average molecular weight is 1130 g/mol. The molecule has 0 spiro atoms. The number of piperazine rings is 2. The fourth-order valence-corrected chi connectivity index (χ4v) is 10.8. The highest BCUT2D eigenvalue weighted by molar-refractivity contribution is 5.99. The summed E-state index contributed by atoms with van der Waals surface area (Å²) in [5.41, 5.74) is 3.65. The summed E-state index contributed by atoms with van der Waals surface area (Å²) >= 11 is 0. The monoisotopic (exact) mass is 1130 g/mol. The Balaban J connectivity index is 1.07. The lowest BCUT2D eigenvalue weighted by Gasteiger charge is -2.42. The molecule has 5 saturated heterocycles. The van der Waals surface area contributed by atoms with E-state index < -0.39 is 132 Å². The van der Waals surface area contributed by atoms with E-state index in [2.05, 4.69) is 26.7 Å². The zero-order chi connectivity index (χ0) is 58.2. The molecule has 5 fully saturated rings. The highest BCUT2D eigenvalue weighted by Crippen LogP contribution is 2.29. The molecule has 5 aliphatic heterocycles. The second-order valence-electron chi connectivity index (χ2n) is 21.4. The van der Waals surface area contributed by atoms with Gasteiger partial charge in [0.1, 0.15) is 72.5 Å². The van der Waals surface area contributed by atoms with E-state index >= 15 is 9.59 Å². The second-order valence-corrected chi connectivity index (χ2v) is 21.4.